The largest absolute Gasteiger partial charge is 0.496 e. The minimum atomic E-state index is 0.182. The topological polar surface area (TPSA) is 9.23 Å². The minimum Gasteiger partial charge on any atom is -0.496 e. The van der Waals surface area contributed by atoms with Gasteiger partial charge in [-0.15, -0.1) is 11.3 Å². The van der Waals surface area contributed by atoms with E-state index < -0.39 is 0 Å². The van der Waals surface area contributed by atoms with E-state index in [2.05, 4.69) is 48.7 Å². The first-order valence-electron chi connectivity index (χ1n) is 3.78. The van der Waals surface area contributed by atoms with Gasteiger partial charge in [0, 0.05) is 10.9 Å². The molecule has 68 valence electrons. The summed E-state index contributed by atoms with van der Waals surface area (Å²) < 4.78 is 6.63. The van der Waals surface area contributed by atoms with Crippen LogP contribution in [0.2, 0.25) is 0 Å². The second kappa shape index (κ2) is 3.54. The molecule has 0 aromatic carbocycles. The molecule has 0 unspecified atom stereocenters. The van der Waals surface area contributed by atoms with Gasteiger partial charge in [0.25, 0.3) is 0 Å². The molecule has 3 heteroatoms. The molecule has 0 amide bonds. The summed E-state index contributed by atoms with van der Waals surface area (Å²) in [4.78, 5) is 0. The third-order valence-electron chi connectivity index (χ3n) is 1.68. The van der Waals surface area contributed by atoms with E-state index in [1.807, 2.05) is 0 Å². The van der Waals surface area contributed by atoms with Gasteiger partial charge >= 0.3 is 0 Å². The smallest absolute Gasteiger partial charge is 0.134 e. The van der Waals surface area contributed by atoms with Crippen LogP contribution in [0.4, 0.5) is 0 Å². The first-order valence-corrected chi connectivity index (χ1v) is 5.74. The first kappa shape index (κ1) is 10.3. The van der Waals surface area contributed by atoms with Crippen molar-refractivity contribution in [2.24, 2.45) is 0 Å². The summed E-state index contributed by atoms with van der Waals surface area (Å²) >= 11 is 4.11. The molecule has 0 spiro atoms. The van der Waals surface area contributed by atoms with Crippen molar-refractivity contribution in [2.45, 2.75) is 26.2 Å². The van der Waals surface area contributed by atoms with E-state index >= 15 is 0 Å². The monoisotopic (exact) mass is 296 g/mol. The number of hydrogen-bond acceptors (Lipinski definition) is 2. The van der Waals surface area contributed by atoms with Crippen LogP contribution < -0.4 is 4.74 Å². The summed E-state index contributed by atoms with van der Waals surface area (Å²) in [6.45, 7) is 6.62. The number of rotatable bonds is 1. The van der Waals surface area contributed by atoms with E-state index in [1.165, 1.54) is 8.45 Å². The molecule has 0 aliphatic carbocycles. The Labute approximate surface area is 91.3 Å². The van der Waals surface area contributed by atoms with Crippen molar-refractivity contribution in [3.8, 4) is 5.75 Å². The number of halogens is 1. The van der Waals surface area contributed by atoms with Gasteiger partial charge in [-0.25, -0.2) is 0 Å². The quantitative estimate of drug-likeness (QED) is 0.719. The Kier molecular flexibility index (Phi) is 3.04. The molecular formula is C9H13IOS. The van der Waals surface area contributed by atoms with Crippen LogP contribution in [0.3, 0.4) is 0 Å². The molecule has 0 N–H and O–H groups in total. The van der Waals surface area contributed by atoms with Gasteiger partial charge in [-0.1, -0.05) is 20.8 Å². The Bertz CT molecular complexity index is 273. The fraction of sp³-hybridized carbons (Fsp3) is 0.556. The van der Waals surface area contributed by atoms with Crippen LogP contribution in [-0.2, 0) is 5.41 Å². The second-order valence-electron chi connectivity index (χ2n) is 3.70. The van der Waals surface area contributed by atoms with E-state index in [1.54, 1.807) is 18.4 Å². The fourth-order valence-corrected chi connectivity index (χ4v) is 3.54. The second-order valence-corrected chi connectivity index (χ2v) is 6.39. The zero-order valence-corrected chi connectivity index (χ0v) is 10.7. The maximum Gasteiger partial charge on any atom is 0.134 e. The molecule has 0 saturated carbocycles. The molecule has 0 saturated heterocycles. The van der Waals surface area contributed by atoms with Crippen molar-refractivity contribution in [1.82, 2.24) is 0 Å². The van der Waals surface area contributed by atoms with Gasteiger partial charge in [0.1, 0.15) is 5.75 Å². The Morgan fingerprint density at radius 2 is 2.00 bits per heavy atom. The molecule has 1 aromatic heterocycles. The van der Waals surface area contributed by atoms with Crippen molar-refractivity contribution in [3.63, 3.8) is 0 Å². The molecule has 1 heterocycles. The highest BCUT2D eigenvalue weighted by molar-refractivity contribution is 14.1. The third kappa shape index (κ3) is 1.93. The lowest BCUT2D eigenvalue weighted by atomic mass is 9.89. The van der Waals surface area contributed by atoms with Gasteiger partial charge in [0.05, 0.1) is 9.99 Å². The minimum absolute atomic E-state index is 0.182. The molecule has 0 aliphatic heterocycles. The summed E-state index contributed by atoms with van der Waals surface area (Å²) in [5.74, 6) is 1.02. The van der Waals surface area contributed by atoms with Crippen LogP contribution in [0.25, 0.3) is 0 Å². The average molecular weight is 296 g/mol. The molecule has 1 aromatic rings. The number of thiophene rings is 1. The predicted octanol–water partition coefficient (Wildman–Crippen LogP) is 3.66. The highest BCUT2D eigenvalue weighted by Gasteiger charge is 2.23. The lowest BCUT2D eigenvalue weighted by molar-refractivity contribution is 0.399. The van der Waals surface area contributed by atoms with Crippen LogP contribution in [0.15, 0.2) is 5.38 Å². The van der Waals surface area contributed by atoms with Crippen molar-refractivity contribution in [3.05, 3.63) is 13.8 Å². The standard InChI is InChI=1S/C9H13IOS/c1-9(2,3)7-6(11-4)5-12-8(7)10/h5H,1-4H3. The van der Waals surface area contributed by atoms with Gasteiger partial charge < -0.3 is 4.74 Å². The third-order valence-corrected chi connectivity index (χ3v) is 3.73. The number of methoxy groups -OCH3 is 1. The van der Waals surface area contributed by atoms with Crippen molar-refractivity contribution in [2.75, 3.05) is 7.11 Å². The van der Waals surface area contributed by atoms with E-state index in [0.717, 1.165) is 5.75 Å². The Morgan fingerprint density at radius 3 is 2.33 bits per heavy atom. The van der Waals surface area contributed by atoms with E-state index in [9.17, 15) is 0 Å². The van der Waals surface area contributed by atoms with E-state index in [-0.39, 0.29) is 5.41 Å². The van der Waals surface area contributed by atoms with Gasteiger partial charge in [0.2, 0.25) is 0 Å². The molecular weight excluding hydrogens is 283 g/mol. The molecule has 1 rings (SSSR count). The van der Waals surface area contributed by atoms with Gasteiger partial charge in [-0.05, 0) is 28.0 Å². The SMILES string of the molecule is COc1csc(I)c1C(C)(C)C. The molecule has 0 atom stereocenters. The molecule has 0 radical (unpaired) electrons. The molecule has 0 aliphatic rings. The predicted molar refractivity (Wildman–Crippen MR) is 62.3 cm³/mol. The lowest BCUT2D eigenvalue weighted by Gasteiger charge is -2.19. The summed E-state index contributed by atoms with van der Waals surface area (Å²) in [6.07, 6.45) is 0. The molecule has 1 nitrogen and oxygen atoms in total. The van der Waals surface area contributed by atoms with Crippen LogP contribution in [-0.4, -0.2) is 7.11 Å². The Morgan fingerprint density at radius 1 is 1.42 bits per heavy atom. The summed E-state index contributed by atoms with van der Waals surface area (Å²) in [5.41, 5.74) is 1.51. The molecule has 12 heavy (non-hydrogen) atoms. The van der Waals surface area contributed by atoms with E-state index in [4.69, 9.17) is 4.74 Å². The van der Waals surface area contributed by atoms with Gasteiger partial charge in [-0.3, -0.25) is 0 Å². The van der Waals surface area contributed by atoms with Crippen molar-refractivity contribution < 1.29 is 4.74 Å². The van der Waals surface area contributed by atoms with Crippen LogP contribution in [0.1, 0.15) is 26.3 Å². The average Bonchev–Trinajstić information content (AvgIpc) is 2.29. The van der Waals surface area contributed by atoms with Gasteiger partial charge in [0.15, 0.2) is 0 Å². The zero-order chi connectivity index (χ0) is 9.35. The maximum absolute atomic E-state index is 5.30. The van der Waals surface area contributed by atoms with Crippen molar-refractivity contribution in [1.29, 1.82) is 0 Å². The fourth-order valence-electron chi connectivity index (χ4n) is 1.13. The highest BCUT2D eigenvalue weighted by Crippen LogP contribution is 2.39. The van der Waals surface area contributed by atoms with E-state index in [0.29, 0.717) is 0 Å². The van der Waals surface area contributed by atoms with Crippen LogP contribution in [0, 0.1) is 2.88 Å². The molecule has 0 bridgehead atoms. The Balaban J connectivity index is 3.19. The van der Waals surface area contributed by atoms with Crippen LogP contribution in [0.5, 0.6) is 5.75 Å². The summed E-state index contributed by atoms with van der Waals surface area (Å²) in [5, 5.41) is 2.07. The normalized spacial score (nSPS) is 11.8. The van der Waals surface area contributed by atoms with Gasteiger partial charge in [-0.2, -0.15) is 0 Å². The summed E-state index contributed by atoms with van der Waals surface area (Å²) in [7, 11) is 1.73. The van der Waals surface area contributed by atoms with Crippen LogP contribution >= 0.6 is 33.9 Å². The summed E-state index contributed by atoms with van der Waals surface area (Å²) in [6, 6.07) is 0. The van der Waals surface area contributed by atoms with Crippen molar-refractivity contribution >= 4 is 33.9 Å². The lowest BCUT2D eigenvalue weighted by Crippen LogP contribution is -2.12. The zero-order valence-electron chi connectivity index (χ0n) is 7.77. The first-order chi connectivity index (χ1) is 5.46. The number of ether oxygens (including phenoxy) is 1. The maximum atomic E-state index is 5.30. The molecule has 0 fully saturated rings. The number of hydrogen-bond donors (Lipinski definition) is 0. The highest BCUT2D eigenvalue weighted by atomic mass is 127. The Hall–Kier alpha value is 0.230.